The Morgan fingerprint density at radius 2 is 1.90 bits per heavy atom. The van der Waals surface area contributed by atoms with Crippen molar-refractivity contribution < 1.29 is 0 Å². The molecule has 0 bridgehead atoms. The molecule has 1 aliphatic rings. The minimum Gasteiger partial charge on any atom is -0.348 e. The van der Waals surface area contributed by atoms with E-state index in [9.17, 15) is 0 Å². The fourth-order valence-electron chi connectivity index (χ4n) is 2.80. The van der Waals surface area contributed by atoms with Crippen LogP contribution >= 0.6 is 0 Å². The summed E-state index contributed by atoms with van der Waals surface area (Å²) < 4.78 is 0. The Morgan fingerprint density at radius 1 is 1.20 bits per heavy atom. The van der Waals surface area contributed by atoms with Gasteiger partial charge in [0, 0.05) is 25.3 Å². The van der Waals surface area contributed by atoms with Crippen molar-refractivity contribution in [2.24, 2.45) is 0 Å². The molecule has 0 radical (unpaired) electrons. The Kier molecular flexibility index (Phi) is 3.70. The standard InChI is InChI=1S/C17H21N3/c1-3-18-13(2)14-8-9-19-17(10-14)20-11-15-6-4-5-7-16(15)12-20/h4-10,13,18H,3,11-12H2,1-2H3. The van der Waals surface area contributed by atoms with E-state index in [0.29, 0.717) is 6.04 Å². The van der Waals surface area contributed by atoms with Gasteiger partial charge in [-0.1, -0.05) is 31.2 Å². The highest BCUT2D eigenvalue weighted by Crippen LogP contribution is 2.27. The van der Waals surface area contributed by atoms with Crippen LogP contribution in [0.2, 0.25) is 0 Å². The van der Waals surface area contributed by atoms with Gasteiger partial charge in [0.15, 0.2) is 0 Å². The Labute approximate surface area is 120 Å². The van der Waals surface area contributed by atoms with Crippen LogP contribution in [0.1, 0.15) is 36.6 Å². The molecule has 0 amide bonds. The maximum atomic E-state index is 4.55. The minimum atomic E-state index is 0.367. The van der Waals surface area contributed by atoms with Crippen molar-refractivity contribution in [2.75, 3.05) is 11.4 Å². The zero-order valence-corrected chi connectivity index (χ0v) is 12.1. The summed E-state index contributed by atoms with van der Waals surface area (Å²) >= 11 is 0. The molecule has 104 valence electrons. The van der Waals surface area contributed by atoms with E-state index < -0.39 is 0 Å². The maximum Gasteiger partial charge on any atom is 0.129 e. The molecule has 1 aromatic carbocycles. The first-order chi connectivity index (χ1) is 9.78. The second kappa shape index (κ2) is 5.63. The van der Waals surface area contributed by atoms with E-state index in [1.54, 1.807) is 0 Å². The van der Waals surface area contributed by atoms with Gasteiger partial charge >= 0.3 is 0 Å². The zero-order valence-electron chi connectivity index (χ0n) is 12.1. The fourth-order valence-corrected chi connectivity index (χ4v) is 2.80. The molecule has 0 saturated carbocycles. The molecule has 0 fully saturated rings. The SMILES string of the molecule is CCNC(C)c1ccnc(N2Cc3ccccc3C2)c1. The first kappa shape index (κ1) is 13.1. The van der Waals surface area contributed by atoms with E-state index >= 15 is 0 Å². The third kappa shape index (κ3) is 2.54. The molecule has 0 spiro atoms. The Morgan fingerprint density at radius 3 is 2.55 bits per heavy atom. The zero-order chi connectivity index (χ0) is 13.9. The van der Waals surface area contributed by atoms with Crippen LogP contribution in [0.25, 0.3) is 0 Å². The van der Waals surface area contributed by atoms with Gasteiger partial charge in [0.05, 0.1) is 0 Å². The predicted molar refractivity (Wildman–Crippen MR) is 82.7 cm³/mol. The lowest BCUT2D eigenvalue weighted by atomic mass is 10.1. The number of benzene rings is 1. The second-order valence-electron chi connectivity index (χ2n) is 5.35. The van der Waals surface area contributed by atoms with Crippen LogP contribution in [0, 0.1) is 0 Å². The summed E-state index contributed by atoms with van der Waals surface area (Å²) in [6, 6.07) is 13.3. The lowest BCUT2D eigenvalue weighted by molar-refractivity contribution is 0.597. The van der Waals surface area contributed by atoms with Crippen LogP contribution in [-0.4, -0.2) is 11.5 Å². The molecular formula is C17H21N3. The van der Waals surface area contributed by atoms with Gasteiger partial charge in [-0.15, -0.1) is 0 Å². The van der Waals surface area contributed by atoms with E-state index in [4.69, 9.17) is 0 Å². The summed E-state index contributed by atoms with van der Waals surface area (Å²) in [5, 5.41) is 3.45. The minimum absolute atomic E-state index is 0.367. The van der Waals surface area contributed by atoms with Gasteiger partial charge in [-0.2, -0.15) is 0 Å². The summed E-state index contributed by atoms with van der Waals surface area (Å²) in [5.74, 6) is 1.07. The molecule has 3 heteroatoms. The van der Waals surface area contributed by atoms with Gasteiger partial charge in [0.1, 0.15) is 5.82 Å². The number of aromatic nitrogens is 1. The average Bonchev–Trinajstić information content (AvgIpc) is 2.91. The molecule has 1 unspecified atom stereocenters. The van der Waals surface area contributed by atoms with Crippen LogP contribution < -0.4 is 10.2 Å². The van der Waals surface area contributed by atoms with E-state index in [-0.39, 0.29) is 0 Å². The number of rotatable bonds is 4. The van der Waals surface area contributed by atoms with Crippen LogP contribution in [0.15, 0.2) is 42.6 Å². The molecular weight excluding hydrogens is 246 g/mol. The van der Waals surface area contributed by atoms with Gasteiger partial charge in [-0.05, 0) is 42.3 Å². The van der Waals surface area contributed by atoms with Crippen LogP contribution in [-0.2, 0) is 13.1 Å². The van der Waals surface area contributed by atoms with E-state index in [1.807, 2.05) is 6.20 Å². The molecule has 0 saturated heterocycles. The molecule has 1 aliphatic heterocycles. The topological polar surface area (TPSA) is 28.2 Å². The van der Waals surface area contributed by atoms with Crippen molar-refractivity contribution >= 4 is 5.82 Å². The number of hydrogen-bond acceptors (Lipinski definition) is 3. The molecule has 1 atom stereocenters. The predicted octanol–water partition coefficient (Wildman–Crippen LogP) is 3.27. The summed E-state index contributed by atoms with van der Waals surface area (Å²) in [6.45, 7) is 7.23. The largest absolute Gasteiger partial charge is 0.348 e. The lowest BCUT2D eigenvalue weighted by Crippen LogP contribution is -2.20. The highest BCUT2D eigenvalue weighted by Gasteiger charge is 2.19. The fraction of sp³-hybridized carbons (Fsp3) is 0.353. The van der Waals surface area contributed by atoms with Crippen molar-refractivity contribution in [3.8, 4) is 0 Å². The first-order valence-electron chi connectivity index (χ1n) is 7.29. The van der Waals surface area contributed by atoms with Crippen molar-refractivity contribution in [1.29, 1.82) is 0 Å². The van der Waals surface area contributed by atoms with Gasteiger partial charge < -0.3 is 10.2 Å². The highest BCUT2D eigenvalue weighted by atomic mass is 15.2. The average molecular weight is 267 g/mol. The third-order valence-corrected chi connectivity index (χ3v) is 3.94. The number of pyridine rings is 1. The monoisotopic (exact) mass is 267 g/mol. The van der Waals surface area contributed by atoms with E-state index in [1.165, 1.54) is 16.7 Å². The maximum absolute atomic E-state index is 4.55. The van der Waals surface area contributed by atoms with Crippen LogP contribution in [0.4, 0.5) is 5.82 Å². The van der Waals surface area contributed by atoms with Gasteiger partial charge in [-0.3, -0.25) is 0 Å². The number of nitrogens with zero attached hydrogens (tertiary/aromatic N) is 2. The van der Waals surface area contributed by atoms with Crippen molar-refractivity contribution in [1.82, 2.24) is 10.3 Å². The van der Waals surface area contributed by atoms with E-state index in [2.05, 4.69) is 65.4 Å². The Balaban J connectivity index is 1.81. The molecule has 0 aliphatic carbocycles. The third-order valence-electron chi connectivity index (χ3n) is 3.94. The lowest BCUT2D eigenvalue weighted by Gasteiger charge is -2.19. The second-order valence-corrected chi connectivity index (χ2v) is 5.35. The number of fused-ring (bicyclic) bond motifs is 1. The molecule has 1 N–H and O–H groups in total. The first-order valence-corrected chi connectivity index (χ1v) is 7.29. The summed E-state index contributed by atoms with van der Waals surface area (Å²) in [5.41, 5.74) is 4.13. The summed E-state index contributed by atoms with van der Waals surface area (Å²) in [6.07, 6.45) is 1.92. The molecule has 3 nitrogen and oxygen atoms in total. The highest BCUT2D eigenvalue weighted by molar-refractivity contribution is 5.48. The molecule has 1 aromatic heterocycles. The van der Waals surface area contributed by atoms with Crippen LogP contribution in [0.3, 0.4) is 0 Å². The van der Waals surface area contributed by atoms with E-state index in [0.717, 1.165) is 25.5 Å². The van der Waals surface area contributed by atoms with Gasteiger partial charge in [-0.25, -0.2) is 4.98 Å². The molecule has 2 aromatic rings. The molecule has 20 heavy (non-hydrogen) atoms. The smallest absolute Gasteiger partial charge is 0.129 e. The quantitative estimate of drug-likeness (QED) is 0.921. The molecule has 3 rings (SSSR count). The number of anilines is 1. The Bertz CT molecular complexity index is 569. The van der Waals surface area contributed by atoms with Gasteiger partial charge in [0.25, 0.3) is 0 Å². The molecule has 2 heterocycles. The summed E-state index contributed by atoms with van der Waals surface area (Å²) in [4.78, 5) is 6.89. The summed E-state index contributed by atoms with van der Waals surface area (Å²) in [7, 11) is 0. The normalized spacial score (nSPS) is 15.2. The van der Waals surface area contributed by atoms with Crippen LogP contribution in [0.5, 0.6) is 0 Å². The Hall–Kier alpha value is -1.87. The number of hydrogen-bond donors (Lipinski definition) is 1. The van der Waals surface area contributed by atoms with Crippen molar-refractivity contribution in [3.63, 3.8) is 0 Å². The number of nitrogens with one attached hydrogen (secondary N) is 1. The van der Waals surface area contributed by atoms with Gasteiger partial charge in [0.2, 0.25) is 0 Å². The van der Waals surface area contributed by atoms with Crippen molar-refractivity contribution in [3.05, 3.63) is 59.3 Å². The van der Waals surface area contributed by atoms with Crippen molar-refractivity contribution in [2.45, 2.75) is 33.0 Å².